The number of hydrogen-bond donors (Lipinski definition) is 2. The highest BCUT2D eigenvalue weighted by molar-refractivity contribution is 5.76. The van der Waals surface area contributed by atoms with Crippen LogP contribution < -0.4 is 16.2 Å². The Bertz CT molecular complexity index is 492. The minimum Gasteiger partial charge on any atom is -0.466 e. The number of pyridine rings is 1. The molecule has 6 nitrogen and oxygen atoms in total. The Morgan fingerprint density at radius 1 is 1.45 bits per heavy atom. The van der Waals surface area contributed by atoms with Crippen molar-refractivity contribution in [3.05, 3.63) is 17.5 Å². The monoisotopic (exact) mass is 293 g/mol. The summed E-state index contributed by atoms with van der Waals surface area (Å²) in [6, 6.07) is 0. The van der Waals surface area contributed by atoms with Gasteiger partial charge in [0.05, 0.1) is 24.4 Å². The van der Waals surface area contributed by atoms with E-state index in [2.05, 4.69) is 14.5 Å². The van der Waals surface area contributed by atoms with Crippen LogP contribution in [0.25, 0.3) is 0 Å². The summed E-state index contributed by atoms with van der Waals surface area (Å²) in [7, 11) is 0. The number of carbonyl (C=O) groups excluding carboxylic acids is 1. The van der Waals surface area contributed by atoms with E-state index in [1.165, 1.54) is 6.20 Å². The third kappa shape index (κ3) is 4.26. The van der Waals surface area contributed by atoms with Gasteiger partial charge < -0.3 is 20.9 Å². The summed E-state index contributed by atoms with van der Waals surface area (Å²) in [5.74, 6) is -1.30. The molecule has 20 heavy (non-hydrogen) atoms. The SMILES string of the molecule is CCOC(=O)Cc1cnc(CN)c(OC(F)(F)F)c1N. The lowest BCUT2D eigenvalue weighted by Gasteiger charge is -2.16. The second-order valence-corrected chi connectivity index (χ2v) is 3.71. The maximum atomic E-state index is 12.3. The molecule has 1 aromatic heterocycles. The van der Waals surface area contributed by atoms with Crippen LogP contribution in [0.4, 0.5) is 18.9 Å². The quantitative estimate of drug-likeness (QED) is 0.789. The molecule has 0 unspecified atom stereocenters. The highest BCUT2D eigenvalue weighted by atomic mass is 19.4. The van der Waals surface area contributed by atoms with Crippen molar-refractivity contribution >= 4 is 11.7 Å². The zero-order valence-corrected chi connectivity index (χ0v) is 10.7. The van der Waals surface area contributed by atoms with Crippen LogP contribution in [-0.4, -0.2) is 23.9 Å². The summed E-state index contributed by atoms with van der Waals surface area (Å²) in [5, 5.41) is 0. The number of esters is 1. The Labute approximate surface area is 112 Å². The Hall–Kier alpha value is -2.03. The molecule has 0 atom stereocenters. The van der Waals surface area contributed by atoms with E-state index in [0.29, 0.717) is 0 Å². The molecule has 0 bridgehead atoms. The molecule has 0 saturated carbocycles. The number of aromatic nitrogens is 1. The summed E-state index contributed by atoms with van der Waals surface area (Å²) >= 11 is 0. The molecular formula is C11H14F3N3O3. The van der Waals surface area contributed by atoms with Gasteiger partial charge in [0, 0.05) is 18.3 Å². The van der Waals surface area contributed by atoms with Crippen LogP contribution in [0.5, 0.6) is 5.75 Å². The van der Waals surface area contributed by atoms with Gasteiger partial charge in [-0.2, -0.15) is 0 Å². The van der Waals surface area contributed by atoms with Crippen molar-refractivity contribution in [1.82, 2.24) is 4.98 Å². The largest absolute Gasteiger partial charge is 0.573 e. The number of anilines is 1. The topological polar surface area (TPSA) is 100 Å². The van der Waals surface area contributed by atoms with Crippen LogP contribution in [0, 0.1) is 0 Å². The molecule has 1 rings (SSSR count). The molecule has 4 N–H and O–H groups in total. The summed E-state index contributed by atoms with van der Waals surface area (Å²) in [6.45, 7) is 1.48. The fourth-order valence-electron chi connectivity index (χ4n) is 1.47. The predicted molar refractivity (Wildman–Crippen MR) is 63.6 cm³/mol. The van der Waals surface area contributed by atoms with Gasteiger partial charge in [-0.15, -0.1) is 13.2 Å². The molecule has 0 radical (unpaired) electrons. The van der Waals surface area contributed by atoms with E-state index in [9.17, 15) is 18.0 Å². The number of carbonyl (C=O) groups is 1. The van der Waals surface area contributed by atoms with Gasteiger partial charge in [0.2, 0.25) is 0 Å². The predicted octanol–water partition coefficient (Wildman–Crippen LogP) is 1.13. The number of nitrogens with zero attached hydrogens (tertiary/aromatic N) is 1. The Morgan fingerprint density at radius 2 is 2.10 bits per heavy atom. The van der Waals surface area contributed by atoms with Crippen LogP contribution in [0.1, 0.15) is 18.2 Å². The second kappa shape index (κ2) is 6.42. The molecule has 0 fully saturated rings. The third-order valence-electron chi connectivity index (χ3n) is 2.28. The lowest BCUT2D eigenvalue weighted by atomic mass is 10.1. The Balaban J connectivity index is 3.11. The zero-order valence-electron chi connectivity index (χ0n) is 10.7. The Kier molecular flexibility index (Phi) is 5.14. The summed E-state index contributed by atoms with van der Waals surface area (Å²) in [6.07, 6.45) is -4.05. The van der Waals surface area contributed by atoms with Gasteiger partial charge in [0.25, 0.3) is 0 Å². The van der Waals surface area contributed by atoms with Crippen LogP contribution in [0.2, 0.25) is 0 Å². The minimum atomic E-state index is -4.93. The van der Waals surface area contributed by atoms with Crippen molar-refractivity contribution in [3.63, 3.8) is 0 Å². The van der Waals surface area contributed by atoms with Gasteiger partial charge in [-0.25, -0.2) is 0 Å². The van der Waals surface area contributed by atoms with E-state index in [0.717, 1.165) is 0 Å². The molecule has 0 aliphatic heterocycles. The molecule has 0 aliphatic rings. The second-order valence-electron chi connectivity index (χ2n) is 3.71. The molecule has 0 aromatic carbocycles. The van der Waals surface area contributed by atoms with Crippen molar-refractivity contribution in [2.45, 2.75) is 26.3 Å². The maximum absolute atomic E-state index is 12.3. The number of hydrogen-bond acceptors (Lipinski definition) is 6. The first kappa shape index (κ1) is 16.0. The number of halogens is 3. The molecular weight excluding hydrogens is 279 g/mol. The van der Waals surface area contributed by atoms with E-state index in [1.54, 1.807) is 6.92 Å². The molecule has 0 spiro atoms. The lowest BCUT2D eigenvalue weighted by molar-refractivity contribution is -0.274. The van der Waals surface area contributed by atoms with Gasteiger partial charge in [0.1, 0.15) is 0 Å². The molecule has 0 aliphatic carbocycles. The summed E-state index contributed by atoms with van der Waals surface area (Å²) in [4.78, 5) is 15.0. The fraction of sp³-hybridized carbons (Fsp3) is 0.455. The van der Waals surface area contributed by atoms with Crippen molar-refractivity contribution in [2.75, 3.05) is 12.3 Å². The average molecular weight is 293 g/mol. The van der Waals surface area contributed by atoms with Gasteiger partial charge in [-0.1, -0.05) is 0 Å². The van der Waals surface area contributed by atoms with E-state index >= 15 is 0 Å². The summed E-state index contributed by atoms with van der Waals surface area (Å²) < 4.78 is 45.4. The van der Waals surface area contributed by atoms with Crippen molar-refractivity contribution in [1.29, 1.82) is 0 Å². The van der Waals surface area contributed by atoms with Crippen LogP contribution in [-0.2, 0) is 22.5 Å². The molecule has 1 aromatic rings. The fourth-order valence-corrected chi connectivity index (χ4v) is 1.47. The van der Waals surface area contributed by atoms with Gasteiger partial charge in [-0.3, -0.25) is 9.78 Å². The van der Waals surface area contributed by atoms with Crippen molar-refractivity contribution in [3.8, 4) is 5.75 Å². The first-order valence-corrected chi connectivity index (χ1v) is 5.66. The normalized spacial score (nSPS) is 11.2. The van der Waals surface area contributed by atoms with Crippen molar-refractivity contribution in [2.24, 2.45) is 5.73 Å². The van der Waals surface area contributed by atoms with E-state index in [4.69, 9.17) is 11.5 Å². The smallest absolute Gasteiger partial charge is 0.466 e. The van der Waals surface area contributed by atoms with Crippen LogP contribution in [0.15, 0.2) is 6.20 Å². The first-order chi connectivity index (χ1) is 9.28. The van der Waals surface area contributed by atoms with Crippen LogP contribution in [0.3, 0.4) is 0 Å². The lowest BCUT2D eigenvalue weighted by Crippen LogP contribution is -2.21. The molecule has 0 saturated heterocycles. The van der Waals surface area contributed by atoms with Gasteiger partial charge in [-0.05, 0) is 6.92 Å². The van der Waals surface area contributed by atoms with Crippen LogP contribution >= 0.6 is 0 Å². The molecule has 0 amide bonds. The van der Waals surface area contributed by atoms with E-state index < -0.39 is 18.1 Å². The number of nitrogen functional groups attached to an aromatic ring is 1. The standard InChI is InChI=1S/C11H14F3N3O3/c1-2-19-8(18)3-6-5-17-7(4-15)10(9(6)16)20-11(12,13)14/h5H,2-4,15H2,1H3,(H2,16,17). The number of rotatable bonds is 5. The van der Waals surface area contributed by atoms with Gasteiger partial charge in [0.15, 0.2) is 5.75 Å². The maximum Gasteiger partial charge on any atom is 0.573 e. The molecule has 1 heterocycles. The third-order valence-corrected chi connectivity index (χ3v) is 2.28. The number of nitrogens with two attached hydrogens (primary N) is 2. The highest BCUT2D eigenvalue weighted by Gasteiger charge is 2.34. The molecule has 112 valence electrons. The van der Waals surface area contributed by atoms with E-state index in [-0.39, 0.29) is 36.5 Å². The summed E-state index contributed by atoms with van der Waals surface area (Å²) in [5.41, 5.74) is 10.5. The van der Waals surface area contributed by atoms with Gasteiger partial charge >= 0.3 is 12.3 Å². The number of ether oxygens (including phenoxy) is 2. The minimum absolute atomic E-state index is 0.0832. The highest BCUT2D eigenvalue weighted by Crippen LogP contribution is 2.33. The first-order valence-electron chi connectivity index (χ1n) is 5.66. The van der Waals surface area contributed by atoms with Crippen molar-refractivity contribution < 1.29 is 27.4 Å². The number of alkyl halides is 3. The zero-order chi connectivity index (χ0) is 15.3. The average Bonchev–Trinajstić information content (AvgIpc) is 2.33. The molecule has 9 heteroatoms. The Morgan fingerprint density at radius 3 is 2.60 bits per heavy atom. The van der Waals surface area contributed by atoms with E-state index in [1.807, 2.05) is 0 Å².